The van der Waals surface area contributed by atoms with E-state index in [2.05, 4.69) is 10.6 Å². The zero-order valence-electron chi connectivity index (χ0n) is 11.4. The number of hydrogen-bond acceptors (Lipinski definition) is 3. The Morgan fingerprint density at radius 1 is 1.16 bits per heavy atom. The van der Waals surface area contributed by atoms with Gasteiger partial charge in [0.25, 0.3) is 0 Å². The largest absolute Gasteiger partial charge is 0.481 e. The van der Waals surface area contributed by atoms with E-state index in [4.69, 9.17) is 0 Å². The summed E-state index contributed by atoms with van der Waals surface area (Å²) in [4.78, 5) is 23.1. The van der Waals surface area contributed by atoms with Crippen LogP contribution in [0.3, 0.4) is 0 Å². The second-order valence-electron chi connectivity index (χ2n) is 5.90. The fourth-order valence-corrected chi connectivity index (χ4v) is 2.73. The van der Waals surface area contributed by atoms with E-state index < -0.39 is 11.4 Å². The van der Waals surface area contributed by atoms with Crippen LogP contribution in [0.15, 0.2) is 0 Å². The minimum absolute atomic E-state index is 0.0423. The van der Waals surface area contributed by atoms with Gasteiger partial charge in [-0.2, -0.15) is 0 Å². The van der Waals surface area contributed by atoms with Gasteiger partial charge in [-0.05, 0) is 25.7 Å². The minimum atomic E-state index is -0.761. The maximum atomic E-state index is 11.7. The highest BCUT2D eigenvalue weighted by Gasteiger charge is 2.39. The van der Waals surface area contributed by atoms with Crippen LogP contribution in [-0.4, -0.2) is 36.1 Å². The van der Waals surface area contributed by atoms with Crippen molar-refractivity contribution in [1.82, 2.24) is 10.6 Å². The fraction of sp³-hybridized carbons (Fsp3) is 0.857. The summed E-state index contributed by atoms with van der Waals surface area (Å²) in [5, 5.41) is 15.5. The summed E-state index contributed by atoms with van der Waals surface area (Å²) in [6.07, 6.45) is 7.23. The number of carbonyl (C=O) groups excluding carboxylic acids is 1. The van der Waals surface area contributed by atoms with E-state index in [1.165, 1.54) is 12.8 Å². The van der Waals surface area contributed by atoms with Gasteiger partial charge in [-0.1, -0.05) is 19.3 Å². The molecule has 0 aromatic carbocycles. The van der Waals surface area contributed by atoms with Crippen molar-refractivity contribution in [2.45, 2.75) is 57.4 Å². The lowest BCUT2D eigenvalue weighted by Crippen LogP contribution is -2.44. The average Bonchev–Trinajstić information content (AvgIpc) is 3.21. The Balaban J connectivity index is 1.71. The molecule has 19 heavy (non-hydrogen) atoms. The summed E-state index contributed by atoms with van der Waals surface area (Å²) in [6.45, 7) is 0.973. The van der Waals surface area contributed by atoms with Gasteiger partial charge in [0.15, 0.2) is 0 Å². The number of carboxylic acids is 1. The summed E-state index contributed by atoms with van der Waals surface area (Å²) in [7, 11) is 0. The molecule has 2 fully saturated rings. The third-order valence-corrected chi connectivity index (χ3v) is 4.25. The van der Waals surface area contributed by atoms with Crippen molar-refractivity contribution in [1.29, 1.82) is 0 Å². The molecular weight excluding hydrogens is 244 g/mol. The second-order valence-corrected chi connectivity index (χ2v) is 5.90. The van der Waals surface area contributed by atoms with E-state index in [0.29, 0.717) is 31.8 Å². The predicted octanol–water partition coefficient (Wildman–Crippen LogP) is 1.28. The smallest absolute Gasteiger partial charge is 0.311 e. The van der Waals surface area contributed by atoms with Gasteiger partial charge in [-0.3, -0.25) is 9.59 Å². The van der Waals surface area contributed by atoms with Crippen LogP contribution in [0.5, 0.6) is 0 Å². The minimum Gasteiger partial charge on any atom is -0.481 e. The van der Waals surface area contributed by atoms with Crippen LogP contribution in [0.25, 0.3) is 0 Å². The Morgan fingerprint density at radius 3 is 2.42 bits per heavy atom. The molecule has 0 radical (unpaired) electrons. The molecule has 2 saturated carbocycles. The molecule has 2 aliphatic rings. The normalized spacial score (nSPS) is 21.9. The number of aliphatic carboxylic acids is 1. The van der Waals surface area contributed by atoms with Gasteiger partial charge < -0.3 is 15.7 Å². The molecule has 5 heteroatoms. The van der Waals surface area contributed by atoms with Crippen LogP contribution in [0.1, 0.15) is 51.4 Å². The Morgan fingerprint density at radius 2 is 1.84 bits per heavy atom. The van der Waals surface area contributed by atoms with E-state index in [-0.39, 0.29) is 12.5 Å². The molecular formula is C14H24N2O3. The first kappa shape index (κ1) is 14.3. The molecule has 0 saturated heterocycles. The molecule has 1 amide bonds. The quantitative estimate of drug-likeness (QED) is 0.650. The Hall–Kier alpha value is -1.10. The standard InChI is InChI=1S/C14H24N2O3/c17-12(6-9-15-11-4-5-11)16-10-14(13(18)19)7-2-1-3-8-14/h11,15H,1-10H2,(H,16,17)(H,18,19). The highest BCUT2D eigenvalue weighted by Crippen LogP contribution is 2.35. The zero-order valence-corrected chi connectivity index (χ0v) is 11.4. The van der Waals surface area contributed by atoms with Crippen LogP contribution in [0, 0.1) is 5.41 Å². The van der Waals surface area contributed by atoms with Crippen LogP contribution in [0.4, 0.5) is 0 Å². The molecule has 2 rings (SSSR count). The molecule has 0 aromatic heterocycles. The number of hydrogen-bond donors (Lipinski definition) is 3. The molecule has 0 aromatic rings. The van der Waals surface area contributed by atoms with Gasteiger partial charge in [0.2, 0.25) is 5.91 Å². The van der Waals surface area contributed by atoms with Crippen molar-refractivity contribution in [3.63, 3.8) is 0 Å². The highest BCUT2D eigenvalue weighted by atomic mass is 16.4. The Kier molecular flexibility index (Phi) is 4.80. The van der Waals surface area contributed by atoms with Gasteiger partial charge in [0.05, 0.1) is 5.41 Å². The average molecular weight is 268 g/mol. The molecule has 0 atom stereocenters. The number of rotatable bonds is 7. The topological polar surface area (TPSA) is 78.4 Å². The van der Waals surface area contributed by atoms with Gasteiger partial charge in [0.1, 0.15) is 0 Å². The van der Waals surface area contributed by atoms with Gasteiger partial charge in [-0.15, -0.1) is 0 Å². The first-order valence-corrected chi connectivity index (χ1v) is 7.36. The van der Waals surface area contributed by atoms with Gasteiger partial charge in [-0.25, -0.2) is 0 Å². The first-order valence-electron chi connectivity index (χ1n) is 7.36. The zero-order chi connectivity index (χ0) is 13.7. The van der Waals surface area contributed by atoms with Crippen molar-refractivity contribution >= 4 is 11.9 Å². The molecule has 3 N–H and O–H groups in total. The lowest BCUT2D eigenvalue weighted by Gasteiger charge is -2.33. The molecule has 5 nitrogen and oxygen atoms in total. The van der Waals surface area contributed by atoms with Gasteiger partial charge in [0, 0.05) is 25.6 Å². The highest BCUT2D eigenvalue weighted by molar-refractivity contribution is 5.79. The number of nitrogens with one attached hydrogen (secondary N) is 2. The third-order valence-electron chi connectivity index (χ3n) is 4.25. The molecule has 0 bridgehead atoms. The van der Waals surface area contributed by atoms with E-state index in [0.717, 1.165) is 19.3 Å². The van der Waals surface area contributed by atoms with Crippen LogP contribution in [0.2, 0.25) is 0 Å². The lowest BCUT2D eigenvalue weighted by molar-refractivity contribution is -0.151. The molecule has 2 aliphatic carbocycles. The fourth-order valence-electron chi connectivity index (χ4n) is 2.73. The van der Waals surface area contributed by atoms with Crippen LogP contribution >= 0.6 is 0 Å². The number of carbonyl (C=O) groups is 2. The Labute approximate surface area is 114 Å². The van der Waals surface area contributed by atoms with Crippen molar-refractivity contribution in [3.8, 4) is 0 Å². The van der Waals surface area contributed by atoms with Gasteiger partial charge >= 0.3 is 5.97 Å². The van der Waals surface area contributed by atoms with Crippen LogP contribution < -0.4 is 10.6 Å². The van der Waals surface area contributed by atoms with E-state index >= 15 is 0 Å². The summed E-state index contributed by atoms with van der Waals surface area (Å²) in [5.74, 6) is -0.803. The maximum Gasteiger partial charge on any atom is 0.311 e. The molecule has 0 aliphatic heterocycles. The van der Waals surface area contributed by atoms with Crippen LogP contribution in [-0.2, 0) is 9.59 Å². The monoisotopic (exact) mass is 268 g/mol. The number of amides is 1. The molecule has 0 unspecified atom stereocenters. The number of carboxylic acid groups (broad SMARTS) is 1. The molecule has 0 heterocycles. The first-order chi connectivity index (χ1) is 9.12. The lowest BCUT2D eigenvalue weighted by atomic mass is 9.74. The van der Waals surface area contributed by atoms with E-state index in [9.17, 15) is 14.7 Å². The predicted molar refractivity (Wildman–Crippen MR) is 71.8 cm³/mol. The second kappa shape index (κ2) is 6.37. The Bertz CT molecular complexity index is 334. The van der Waals surface area contributed by atoms with Crippen molar-refractivity contribution in [2.75, 3.05) is 13.1 Å². The maximum absolute atomic E-state index is 11.7. The van der Waals surface area contributed by atoms with Crippen molar-refractivity contribution in [2.24, 2.45) is 5.41 Å². The summed E-state index contributed by atoms with van der Waals surface area (Å²) in [6, 6.07) is 0.608. The molecule has 108 valence electrons. The molecule has 0 spiro atoms. The third kappa shape index (κ3) is 4.20. The summed E-state index contributed by atoms with van der Waals surface area (Å²) < 4.78 is 0. The van der Waals surface area contributed by atoms with Crippen molar-refractivity contribution in [3.05, 3.63) is 0 Å². The van der Waals surface area contributed by atoms with Crippen molar-refractivity contribution < 1.29 is 14.7 Å². The SMILES string of the molecule is O=C(CCNC1CC1)NCC1(C(=O)O)CCCCC1. The van der Waals surface area contributed by atoms with E-state index in [1.807, 2.05) is 0 Å². The van der Waals surface area contributed by atoms with E-state index in [1.54, 1.807) is 0 Å². The summed E-state index contributed by atoms with van der Waals surface area (Å²) in [5.41, 5.74) is -0.724. The summed E-state index contributed by atoms with van der Waals surface area (Å²) >= 11 is 0.